The molecule has 1 fully saturated rings. The molecule has 2 aliphatic heterocycles. The smallest absolute Gasteiger partial charge is 0.311 e. The SMILES string of the molecule is CCCCCCCCCCCCCC(=O)Oc1c(OC)cc([C@@H]2c3cc4c(cc3C[C@H]3COC(=O)[C@@H]32)OCO4)cc1OC. The molecule has 2 aromatic carbocycles. The van der Waals surface area contributed by atoms with Gasteiger partial charge in [-0.25, -0.2) is 0 Å². The lowest BCUT2D eigenvalue weighted by atomic mass is 9.67. The molecule has 2 heterocycles. The van der Waals surface area contributed by atoms with E-state index in [4.69, 9.17) is 28.4 Å². The van der Waals surface area contributed by atoms with Crippen LogP contribution in [-0.4, -0.2) is 39.6 Å². The minimum absolute atomic E-state index is 0.0469. The van der Waals surface area contributed by atoms with Gasteiger partial charge in [-0.2, -0.15) is 0 Å². The van der Waals surface area contributed by atoms with Crippen molar-refractivity contribution in [1.82, 2.24) is 0 Å². The Hall–Kier alpha value is -3.42. The van der Waals surface area contributed by atoms with Gasteiger partial charge in [0.05, 0.1) is 26.7 Å². The Morgan fingerprint density at radius 2 is 1.42 bits per heavy atom. The second-order valence-corrected chi connectivity index (χ2v) is 12.0. The van der Waals surface area contributed by atoms with E-state index in [9.17, 15) is 9.59 Å². The van der Waals surface area contributed by atoms with E-state index < -0.39 is 0 Å². The van der Waals surface area contributed by atoms with E-state index in [1.54, 1.807) is 14.2 Å². The molecule has 0 bridgehead atoms. The zero-order valence-electron chi connectivity index (χ0n) is 25.9. The molecule has 43 heavy (non-hydrogen) atoms. The number of cyclic esters (lactones) is 1. The highest BCUT2D eigenvalue weighted by atomic mass is 16.7. The number of esters is 2. The second-order valence-electron chi connectivity index (χ2n) is 12.0. The molecule has 0 saturated carbocycles. The summed E-state index contributed by atoms with van der Waals surface area (Å²) < 4.78 is 34.1. The van der Waals surface area contributed by atoms with Crippen molar-refractivity contribution < 1.29 is 38.0 Å². The lowest BCUT2D eigenvalue weighted by Gasteiger charge is -2.34. The molecule has 0 aromatic heterocycles. The van der Waals surface area contributed by atoms with Crippen LogP contribution in [0.25, 0.3) is 0 Å². The lowest BCUT2D eigenvalue weighted by Crippen LogP contribution is -2.31. The molecule has 8 heteroatoms. The van der Waals surface area contributed by atoms with Crippen molar-refractivity contribution in [3.05, 3.63) is 41.0 Å². The van der Waals surface area contributed by atoms with E-state index in [0.717, 1.165) is 48.1 Å². The first-order chi connectivity index (χ1) is 21.0. The highest BCUT2D eigenvalue weighted by Crippen LogP contribution is 2.52. The summed E-state index contributed by atoms with van der Waals surface area (Å²) in [5.74, 6) is 1.29. The highest BCUT2D eigenvalue weighted by Gasteiger charge is 2.48. The normalized spacial score (nSPS) is 19.9. The fourth-order valence-corrected chi connectivity index (χ4v) is 6.78. The molecule has 2 aromatic rings. The van der Waals surface area contributed by atoms with Crippen LogP contribution in [0.4, 0.5) is 0 Å². The minimum atomic E-state index is -0.350. The maximum atomic E-state index is 13.0. The van der Waals surface area contributed by atoms with Crippen molar-refractivity contribution in [3.8, 4) is 28.7 Å². The molecule has 0 N–H and O–H groups in total. The Bertz CT molecular complexity index is 1250. The molecule has 3 atom stereocenters. The van der Waals surface area contributed by atoms with Crippen LogP contribution in [0.1, 0.15) is 107 Å². The van der Waals surface area contributed by atoms with Crippen LogP contribution in [0.3, 0.4) is 0 Å². The Kier molecular flexibility index (Phi) is 10.7. The number of methoxy groups -OCH3 is 2. The quantitative estimate of drug-likeness (QED) is 0.112. The largest absolute Gasteiger partial charge is 0.493 e. The molecular formula is C35H46O8. The number of benzene rings is 2. The van der Waals surface area contributed by atoms with Crippen molar-refractivity contribution >= 4 is 11.9 Å². The number of fused-ring (bicyclic) bond motifs is 3. The van der Waals surface area contributed by atoms with Gasteiger partial charge in [-0.3, -0.25) is 9.59 Å². The number of hydrogen-bond donors (Lipinski definition) is 0. The van der Waals surface area contributed by atoms with Crippen LogP contribution < -0.4 is 23.7 Å². The number of carbonyl (C=O) groups excluding carboxylic acids is 2. The van der Waals surface area contributed by atoms with Gasteiger partial charge in [-0.15, -0.1) is 0 Å². The average Bonchev–Trinajstić information content (AvgIpc) is 3.63. The first-order valence-corrected chi connectivity index (χ1v) is 16.1. The summed E-state index contributed by atoms with van der Waals surface area (Å²) in [4.78, 5) is 25.8. The van der Waals surface area contributed by atoms with Crippen LogP contribution in [0.5, 0.6) is 28.7 Å². The summed E-state index contributed by atoms with van der Waals surface area (Å²) in [7, 11) is 3.08. The van der Waals surface area contributed by atoms with Gasteiger partial charge in [0.25, 0.3) is 0 Å². The van der Waals surface area contributed by atoms with Crippen molar-refractivity contribution in [2.75, 3.05) is 27.6 Å². The minimum Gasteiger partial charge on any atom is -0.493 e. The standard InChI is InChI=1S/C35H46O8/c1-4-5-6-7-8-9-10-11-12-13-14-15-31(36)43-34-29(38-2)18-24(19-30(34)39-3)32-26-20-28-27(41-22-42-28)17-23(26)16-25-21-40-35(37)33(25)32/h17-20,25,32-33H,4-16,21-22H2,1-3H3/t25-,32+,33-/m0/s1. The monoisotopic (exact) mass is 594 g/mol. The maximum Gasteiger partial charge on any atom is 0.311 e. The Labute approximate surface area is 255 Å². The predicted molar refractivity (Wildman–Crippen MR) is 162 cm³/mol. The van der Waals surface area contributed by atoms with Crippen LogP contribution in [0.2, 0.25) is 0 Å². The number of unbranched alkanes of at least 4 members (excludes halogenated alkanes) is 10. The fourth-order valence-electron chi connectivity index (χ4n) is 6.78. The number of rotatable bonds is 16. The van der Waals surface area contributed by atoms with Gasteiger partial charge in [0.2, 0.25) is 12.5 Å². The third-order valence-corrected chi connectivity index (χ3v) is 9.07. The Morgan fingerprint density at radius 3 is 2.05 bits per heavy atom. The first-order valence-electron chi connectivity index (χ1n) is 16.1. The zero-order chi connectivity index (χ0) is 30.2. The zero-order valence-corrected chi connectivity index (χ0v) is 25.9. The van der Waals surface area contributed by atoms with Gasteiger partial charge >= 0.3 is 11.9 Å². The summed E-state index contributed by atoms with van der Waals surface area (Å²) in [6, 6.07) is 7.69. The summed E-state index contributed by atoms with van der Waals surface area (Å²) in [6.45, 7) is 2.81. The number of hydrogen-bond acceptors (Lipinski definition) is 8. The van der Waals surface area contributed by atoms with E-state index in [0.29, 0.717) is 30.3 Å². The topological polar surface area (TPSA) is 89.5 Å². The number of ether oxygens (including phenoxy) is 6. The first kappa shape index (κ1) is 31.0. The lowest BCUT2D eigenvalue weighted by molar-refractivity contribution is -0.141. The van der Waals surface area contributed by atoms with Crippen molar-refractivity contribution in [1.29, 1.82) is 0 Å². The van der Waals surface area contributed by atoms with Crippen molar-refractivity contribution in [2.24, 2.45) is 11.8 Å². The third-order valence-electron chi connectivity index (χ3n) is 9.07. The molecule has 1 aliphatic carbocycles. The van der Waals surface area contributed by atoms with Gasteiger partial charge in [0.15, 0.2) is 23.0 Å². The van der Waals surface area contributed by atoms with Gasteiger partial charge in [0.1, 0.15) is 0 Å². The number of carbonyl (C=O) groups is 2. The van der Waals surface area contributed by atoms with Crippen LogP contribution in [0.15, 0.2) is 24.3 Å². The maximum absolute atomic E-state index is 13.0. The molecular weight excluding hydrogens is 548 g/mol. The van der Waals surface area contributed by atoms with E-state index in [1.807, 2.05) is 24.3 Å². The molecule has 5 rings (SSSR count). The van der Waals surface area contributed by atoms with E-state index in [-0.39, 0.29) is 42.2 Å². The second kappa shape index (κ2) is 14.8. The Balaban J connectivity index is 1.24. The summed E-state index contributed by atoms with van der Waals surface area (Å²) in [6.07, 6.45) is 14.5. The molecule has 0 unspecified atom stereocenters. The third kappa shape index (κ3) is 7.22. The van der Waals surface area contributed by atoms with E-state index in [1.165, 1.54) is 51.4 Å². The van der Waals surface area contributed by atoms with Gasteiger partial charge in [0, 0.05) is 18.3 Å². The molecule has 0 spiro atoms. The fraction of sp³-hybridized carbons (Fsp3) is 0.600. The molecule has 1 saturated heterocycles. The Morgan fingerprint density at radius 1 is 0.814 bits per heavy atom. The summed E-state index contributed by atoms with van der Waals surface area (Å²) in [5, 5.41) is 0. The van der Waals surface area contributed by atoms with Crippen molar-refractivity contribution in [2.45, 2.75) is 96.3 Å². The average molecular weight is 595 g/mol. The van der Waals surface area contributed by atoms with Gasteiger partial charge < -0.3 is 28.4 Å². The molecule has 234 valence electrons. The van der Waals surface area contributed by atoms with E-state index in [2.05, 4.69) is 6.92 Å². The molecule has 8 nitrogen and oxygen atoms in total. The van der Waals surface area contributed by atoms with Gasteiger partial charge in [-0.1, -0.05) is 71.1 Å². The summed E-state index contributed by atoms with van der Waals surface area (Å²) >= 11 is 0. The van der Waals surface area contributed by atoms with E-state index >= 15 is 0 Å². The predicted octanol–water partition coefficient (Wildman–Crippen LogP) is 7.52. The highest BCUT2D eigenvalue weighted by molar-refractivity contribution is 5.79. The van der Waals surface area contributed by atoms with Crippen LogP contribution in [0, 0.1) is 11.8 Å². The molecule has 0 radical (unpaired) electrons. The van der Waals surface area contributed by atoms with Crippen LogP contribution >= 0.6 is 0 Å². The van der Waals surface area contributed by atoms with Gasteiger partial charge in [-0.05, 0) is 53.8 Å². The molecule has 3 aliphatic rings. The van der Waals surface area contributed by atoms with Crippen molar-refractivity contribution in [3.63, 3.8) is 0 Å². The summed E-state index contributed by atoms with van der Waals surface area (Å²) in [5.41, 5.74) is 2.93. The van der Waals surface area contributed by atoms with Crippen LogP contribution in [-0.2, 0) is 20.7 Å². The molecule has 0 amide bonds.